The van der Waals surface area contributed by atoms with Crippen LogP contribution in [0, 0.1) is 5.92 Å². The molecule has 5 heteroatoms. The summed E-state index contributed by atoms with van der Waals surface area (Å²) >= 11 is 0. The van der Waals surface area contributed by atoms with Crippen molar-refractivity contribution in [1.29, 1.82) is 0 Å². The Morgan fingerprint density at radius 1 is 1.17 bits per heavy atom. The molecule has 1 fully saturated rings. The zero-order chi connectivity index (χ0) is 16.5. The number of nitrogens with one attached hydrogen (secondary N) is 1. The first-order valence-electron chi connectivity index (χ1n) is 8.33. The van der Waals surface area contributed by atoms with E-state index in [4.69, 9.17) is 4.74 Å². The van der Waals surface area contributed by atoms with Gasteiger partial charge in [0.2, 0.25) is 0 Å². The van der Waals surface area contributed by atoms with Crippen molar-refractivity contribution in [1.82, 2.24) is 5.32 Å². The second-order valence-corrected chi connectivity index (χ2v) is 6.16. The average Bonchev–Trinajstić information content (AvgIpc) is 2.58. The molecule has 2 rings (SSSR count). The van der Waals surface area contributed by atoms with E-state index in [-0.39, 0.29) is 6.61 Å². The van der Waals surface area contributed by atoms with Crippen LogP contribution in [0.1, 0.15) is 50.5 Å². The topological polar surface area (TPSA) is 78.5 Å². The van der Waals surface area contributed by atoms with Crippen LogP contribution >= 0.6 is 0 Å². The zero-order valence-electron chi connectivity index (χ0n) is 13.3. The van der Waals surface area contributed by atoms with Gasteiger partial charge in [0.25, 0.3) is 0 Å². The Morgan fingerprint density at radius 3 is 2.52 bits per heavy atom. The van der Waals surface area contributed by atoms with E-state index >= 15 is 0 Å². The van der Waals surface area contributed by atoms with Crippen LogP contribution in [0.2, 0.25) is 0 Å². The van der Waals surface area contributed by atoms with Crippen molar-refractivity contribution in [2.75, 3.05) is 0 Å². The highest BCUT2D eigenvalue weighted by Crippen LogP contribution is 2.27. The smallest absolute Gasteiger partial charge is 0.407 e. The van der Waals surface area contributed by atoms with Gasteiger partial charge in [-0.2, -0.15) is 0 Å². The van der Waals surface area contributed by atoms with Gasteiger partial charge in [0.05, 0.1) is 12.0 Å². The molecular weight excluding hydrogens is 294 g/mol. The van der Waals surface area contributed by atoms with Crippen molar-refractivity contribution in [2.45, 2.75) is 57.6 Å². The lowest BCUT2D eigenvalue weighted by Crippen LogP contribution is -2.48. The van der Waals surface area contributed by atoms with Gasteiger partial charge in [0.1, 0.15) is 6.61 Å². The number of ether oxygens (including phenoxy) is 1. The van der Waals surface area contributed by atoms with Gasteiger partial charge in [-0.05, 0) is 24.3 Å². The van der Waals surface area contributed by atoms with Gasteiger partial charge in [0, 0.05) is 0 Å². The maximum atomic E-state index is 11.8. The SMILES string of the molecule is O=C(N[C@H](CCC1CCCCC1)C(=O)[O-])OCc1ccccc1. The lowest BCUT2D eigenvalue weighted by Gasteiger charge is -2.25. The summed E-state index contributed by atoms with van der Waals surface area (Å²) < 4.78 is 5.06. The highest BCUT2D eigenvalue weighted by atomic mass is 16.5. The number of carboxylic acids is 1. The summed E-state index contributed by atoms with van der Waals surface area (Å²) in [5.74, 6) is -0.690. The van der Waals surface area contributed by atoms with E-state index < -0.39 is 18.1 Å². The van der Waals surface area contributed by atoms with Crippen LogP contribution in [0.25, 0.3) is 0 Å². The molecule has 1 atom stereocenters. The van der Waals surface area contributed by atoms with Crippen molar-refractivity contribution in [3.05, 3.63) is 35.9 Å². The van der Waals surface area contributed by atoms with Crippen molar-refractivity contribution in [2.24, 2.45) is 5.92 Å². The molecule has 0 bridgehead atoms. The Kier molecular flexibility index (Phi) is 6.91. The lowest BCUT2D eigenvalue weighted by atomic mass is 9.85. The maximum Gasteiger partial charge on any atom is 0.407 e. The molecule has 1 aliphatic carbocycles. The third-order valence-electron chi connectivity index (χ3n) is 4.38. The molecule has 0 unspecified atom stereocenters. The van der Waals surface area contributed by atoms with Crippen LogP contribution in [0.15, 0.2) is 30.3 Å². The van der Waals surface area contributed by atoms with E-state index in [1.807, 2.05) is 30.3 Å². The Labute approximate surface area is 137 Å². The van der Waals surface area contributed by atoms with Crippen LogP contribution in [0.3, 0.4) is 0 Å². The van der Waals surface area contributed by atoms with Crippen molar-refractivity contribution < 1.29 is 19.4 Å². The van der Waals surface area contributed by atoms with E-state index in [0.29, 0.717) is 12.3 Å². The molecule has 1 aliphatic rings. The second kappa shape index (κ2) is 9.18. The summed E-state index contributed by atoms with van der Waals surface area (Å²) in [7, 11) is 0. The van der Waals surface area contributed by atoms with Crippen LogP contribution < -0.4 is 10.4 Å². The number of hydrogen-bond acceptors (Lipinski definition) is 4. The van der Waals surface area contributed by atoms with Gasteiger partial charge in [-0.1, -0.05) is 62.4 Å². The molecule has 23 heavy (non-hydrogen) atoms. The molecule has 1 aromatic rings. The number of benzene rings is 1. The highest BCUT2D eigenvalue weighted by molar-refractivity contribution is 5.78. The summed E-state index contributed by atoms with van der Waals surface area (Å²) in [6.45, 7) is 0.120. The van der Waals surface area contributed by atoms with Crippen molar-refractivity contribution >= 4 is 12.1 Å². The predicted molar refractivity (Wildman–Crippen MR) is 84.4 cm³/mol. The Morgan fingerprint density at radius 2 is 1.87 bits per heavy atom. The molecule has 0 aromatic heterocycles. The first-order valence-corrected chi connectivity index (χ1v) is 8.33. The lowest BCUT2D eigenvalue weighted by molar-refractivity contribution is -0.308. The van der Waals surface area contributed by atoms with Crippen LogP contribution in [-0.4, -0.2) is 18.1 Å². The molecular formula is C18H24NO4-. The molecule has 5 nitrogen and oxygen atoms in total. The van der Waals surface area contributed by atoms with Gasteiger partial charge in [-0.15, -0.1) is 0 Å². The van der Waals surface area contributed by atoms with Gasteiger partial charge in [-0.3, -0.25) is 0 Å². The van der Waals surface area contributed by atoms with Gasteiger partial charge >= 0.3 is 6.09 Å². The number of rotatable bonds is 7. The largest absolute Gasteiger partial charge is 0.548 e. The fourth-order valence-electron chi connectivity index (χ4n) is 3.03. The van der Waals surface area contributed by atoms with E-state index in [2.05, 4.69) is 5.32 Å². The molecule has 1 N–H and O–H groups in total. The van der Waals surface area contributed by atoms with E-state index in [9.17, 15) is 14.7 Å². The summed E-state index contributed by atoms with van der Waals surface area (Å²) in [4.78, 5) is 23.0. The average molecular weight is 318 g/mol. The predicted octanol–water partition coefficient (Wildman–Crippen LogP) is 2.39. The molecule has 0 radical (unpaired) electrons. The first-order chi connectivity index (χ1) is 11.1. The molecule has 1 amide bonds. The molecule has 1 saturated carbocycles. The molecule has 0 heterocycles. The summed E-state index contributed by atoms with van der Waals surface area (Å²) in [6.07, 6.45) is 6.48. The number of carbonyl (C=O) groups excluding carboxylic acids is 2. The van der Waals surface area contributed by atoms with Crippen LogP contribution in [-0.2, 0) is 16.1 Å². The van der Waals surface area contributed by atoms with Crippen molar-refractivity contribution in [3.63, 3.8) is 0 Å². The third kappa shape index (κ3) is 6.30. The zero-order valence-corrected chi connectivity index (χ0v) is 13.3. The second-order valence-electron chi connectivity index (χ2n) is 6.16. The minimum Gasteiger partial charge on any atom is -0.548 e. The van der Waals surface area contributed by atoms with Crippen LogP contribution in [0.5, 0.6) is 0 Å². The number of aliphatic carboxylic acids is 1. The minimum absolute atomic E-state index is 0.120. The molecule has 126 valence electrons. The summed E-state index contributed by atoms with van der Waals surface area (Å²) in [5, 5.41) is 13.6. The maximum absolute atomic E-state index is 11.8. The van der Waals surface area contributed by atoms with Crippen molar-refractivity contribution in [3.8, 4) is 0 Å². The van der Waals surface area contributed by atoms with Crippen LogP contribution in [0.4, 0.5) is 4.79 Å². The van der Waals surface area contributed by atoms with E-state index in [1.165, 1.54) is 19.3 Å². The minimum atomic E-state index is -1.25. The molecule has 1 aromatic carbocycles. The number of amides is 1. The molecule has 0 aliphatic heterocycles. The monoisotopic (exact) mass is 318 g/mol. The summed E-state index contributed by atoms with van der Waals surface area (Å²) in [6, 6.07) is 8.27. The summed E-state index contributed by atoms with van der Waals surface area (Å²) in [5.41, 5.74) is 0.856. The van der Waals surface area contributed by atoms with Gasteiger partial charge in [-0.25, -0.2) is 4.79 Å². The first kappa shape index (κ1) is 17.3. The Balaban J connectivity index is 1.74. The van der Waals surface area contributed by atoms with Gasteiger partial charge < -0.3 is 20.0 Å². The van der Waals surface area contributed by atoms with E-state index in [0.717, 1.165) is 24.8 Å². The molecule has 0 saturated heterocycles. The molecule has 0 spiro atoms. The van der Waals surface area contributed by atoms with Gasteiger partial charge in [0.15, 0.2) is 0 Å². The number of carbonyl (C=O) groups is 2. The van der Waals surface area contributed by atoms with E-state index in [1.54, 1.807) is 0 Å². The highest BCUT2D eigenvalue weighted by Gasteiger charge is 2.19. The number of alkyl carbamates (subject to hydrolysis) is 1. The number of hydrogen-bond donors (Lipinski definition) is 1. The third-order valence-corrected chi connectivity index (χ3v) is 4.38. The Bertz CT molecular complexity index is 497. The number of carboxylic acid groups (broad SMARTS) is 1. The fraction of sp³-hybridized carbons (Fsp3) is 0.556. The standard InChI is InChI=1S/C18H25NO4/c20-17(21)16(12-11-14-7-3-1-4-8-14)19-18(22)23-13-15-9-5-2-6-10-15/h2,5-6,9-10,14,16H,1,3-4,7-8,11-13H2,(H,19,22)(H,20,21)/p-1/t16-/m1/s1. The normalized spacial score (nSPS) is 16.5. The fourth-order valence-corrected chi connectivity index (χ4v) is 3.03. The Hall–Kier alpha value is -2.04. The quantitative estimate of drug-likeness (QED) is 0.837.